The van der Waals surface area contributed by atoms with E-state index in [1.807, 2.05) is 48.7 Å². The number of nitrogens with zero attached hydrogens (tertiary/aromatic N) is 4. The number of hydrogen-bond donors (Lipinski definition) is 3. The summed E-state index contributed by atoms with van der Waals surface area (Å²) in [5, 5.41) is 18.4. The third-order valence-electron chi connectivity index (χ3n) is 6.84. The Balaban J connectivity index is 0.000000786. The molecule has 0 amide bonds. The molecule has 0 saturated heterocycles. The molecule has 3 heterocycles. The van der Waals surface area contributed by atoms with Crippen molar-refractivity contribution in [1.82, 2.24) is 19.6 Å². The van der Waals surface area contributed by atoms with Crippen LogP contribution in [0.4, 0.5) is 10.6 Å². The fraction of sp³-hybridized carbons (Fsp3) is 0.321. The minimum atomic E-state index is -1.83. The number of nitrogen functional groups attached to an aromatic ring is 1. The summed E-state index contributed by atoms with van der Waals surface area (Å²) in [7, 11) is 1.75. The largest absolute Gasteiger partial charge is 0.503 e. The molecule has 1 aromatic carbocycles. The Labute approximate surface area is 220 Å². The first-order valence-corrected chi connectivity index (χ1v) is 12.4. The lowest BCUT2D eigenvalue weighted by atomic mass is 9.79. The normalized spacial score (nSPS) is 17.0. The van der Waals surface area contributed by atoms with Crippen LogP contribution in [0.15, 0.2) is 54.9 Å². The van der Waals surface area contributed by atoms with Gasteiger partial charge in [-0.2, -0.15) is 9.61 Å². The van der Waals surface area contributed by atoms with Gasteiger partial charge in [-0.3, -0.25) is 9.78 Å². The summed E-state index contributed by atoms with van der Waals surface area (Å²) in [6.07, 6.45) is 5.80. The number of ketones is 1. The maximum atomic E-state index is 12.6. The highest BCUT2D eigenvalue weighted by Crippen LogP contribution is 2.39. The second-order valence-electron chi connectivity index (χ2n) is 9.36. The monoisotopic (exact) mass is 517 g/mol. The number of hydrogen-bond acceptors (Lipinski definition) is 7. The molecule has 1 aliphatic carbocycles. The predicted octanol–water partition coefficient (Wildman–Crippen LogP) is 5.39. The summed E-state index contributed by atoms with van der Waals surface area (Å²) >= 11 is 0. The van der Waals surface area contributed by atoms with Gasteiger partial charge in [0, 0.05) is 42.5 Å². The van der Waals surface area contributed by atoms with E-state index in [1.165, 1.54) is 0 Å². The topological polar surface area (TPSA) is 153 Å². The molecule has 5 rings (SSSR count). The summed E-state index contributed by atoms with van der Waals surface area (Å²) in [6, 6.07) is 14.1. The molecule has 1 aliphatic rings. The van der Waals surface area contributed by atoms with Crippen LogP contribution in [-0.4, -0.2) is 55.5 Å². The number of benzene rings is 1. The molecule has 10 nitrogen and oxygen atoms in total. The van der Waals surface area contributed by atoms with Crippen molar-refractivity contribution in [2.24, 2.45) is 5.92 Å². The van der Waals surface area contributed by atoms with E-state index in [-0.39, 0.29) is 11.7 Å². The van der Waals surface area contributed by atoms with Gasteiger partial charge in [-0.1, -0.05) is 36.4 Å². The van der Waals surface area contributed by atoms with Gasteiger partial charge < -0.3 is 20.7 Å². The van der Waals surface area contributed by atoms with E-state index in [4.69, 9.17) is 30.5 Å². The number of nitrogens with two attached hydrogens (primary N) is 1. The summed E-state index contributed by atoms with van der Waals surface area (Å²) < 4.78 is 6.93. The van der Waals surface area contributed by atoms with E-state index in [9.17, 15) is 4.79 Å². The Kier molecular flexibility index (Phi) is 8.32. The molecular formula is C28H31N5O5. The fourth-order valence-corrected chi connectivity index (χ4v) is 5.06. The van der Waals surface area contributed by atoms with Gasteiger partial charge >= 0.3 is 6.16 Å². The zero-order valence-corrected chi connectivity index (χ0v) is 21.4. The highest BCUT2D eigenvalue weighted by atomic mass is 16.6. The van der Waals surface area contributed by atoms with Crippen LogP contribution in [0.2, 0.25) is 0 Å². The van der Waals surface area contributed by atoms with Crippen molar-refractivity contribution in [3.63, 3.8) is 0 Å². The smallest absolute Gasteiger partial charge is 0.450 e. The standard InChI is InChI=1S/C27H29N5O2.CH2O3/c1-17(33)24-25(20-10-8-18(9-11-20)16-34-2)31-27-22(15-30-32(27)26(24)28)21-12-13-23(29-14-21)19-6-4-3-5-7-19;2-1(3)4/h3-7,12-15,18,20H,8-11,16,28H2,1-2H3;(H2,2,3,4). The van der Waals surface area contributed by atoms with Crippen LogP contribution in [0.5, 0.6) is 0 Å². The molecule has 0 aliphatic heterocycles. The molecule has 1 fully saturated rings. The van der Waals surface area contributed by atoms with Crippen molar-refractivity contribution < 1.29 is 24.5 Å². The van der Waals surface area contributed by atoms with Crippen molar-refractivity contribution in [3.8, 4) is 22.4 Å². The summed E-state index contributed by atoms with van der Waals surface area (Å²) in [6.45, 7) is 2.33. The van der Waals surface area contributed by atoms with Gasteiger partial charge in [0.1, 0.15) is 5.82 Å². The molecular weight excluding hydrogens is 486 g/mol. The van der Waals surface area contributed by atoms with Crippen LogP contribution < -0.4 is 5.73 Å². The van der Waals surface area contributed by atoms with Crippen LogP contribution in [0.25, 0.3) is 28.0 Å². The molecule has 38 heavy (non-hydrogen) atoms. The van der Waals surface area contributed by atoms with Gasteiger partial charge in [-0.25, -0.2) is 9.78 Å². The van der Waals surface area contributed by atoms with Crippen molar-refractivity contribution in [3.05, 3.63) is 66.1 Å². The molecule has 1 saturated carbocycles. The number of rotatable bonds is 6. The van der Waals surface area contributed by atoms with Gasteiger partial charge in [0.2, 0.25) is 0 Å². The van der Waals surface area contributed by atoms with E-state index < -0.39 is 6.16 Å². The van der Waals surface area contributed by atoms with Crippen molar-refractivity contribution in [2.45, 2.75) is 38.5 Å². The van der Waals surface area contributed by atoms with Gasteiger partial charge in [0.15, 0.2) is 11.4 Å². The van der Waals surface area contributed by atoms with Crippen LogP contribution in [0, 0.1) is 5.92 Å². The fourth-order valence-electron chi connectivity index (χ4n) is 5.06. The van der Waals surface area contributed by atoms with Crippen LogP contribution in [-0.2, 0) is 4.74 Å². The van der Waals surface area contributed by atoms with Gasteiger partial charge in [0.25, 0.3) is 0 Å². The number of carboxylic acid groups (broad SMARTS) is 2. The number of anilines is 1. The van der Waals surface area contributed by atoms with Crippen molar-refractivity contribution in [2.75, 3.05) is 19.5 Å². The average molecular weight is 518 g/mol. The molecule has 0 atom stereocenters. The average Bonchev–Trinajstić information content (AvgIpc) is 3.34. The Hall–Kier alpha value is -4.31. The van der Waals surface area contributed by atoms with E-state index >= 15 is 0 Å². The summed E-state index contributed by atoms with van der Waals surface area (Å²) in [4.78, 5) is 30.8. The predicted molar refractivity (Wildman–Crippen MR) is 143 cm³/mol. The first-order chi connectivity index (χ1) is 18.3. The lowest BCUT2D eigenvalue weighted by Crippen LogP contribution is -2.21. The van der Waals surface area contributed by atoms with Crippen molar-refractivity contribution in [1.29, 1.82) is 0 Å². The molecule has 198 valence electrons. The third kappa shape index (κ3) is 5.81. The maximum Gasteiger partial charge on any atom is 0.503 e. The van der Waals surface area contributed by atoms with Crippen LogP contribution in [0.3, 0.4) is 0 Å². The van der Waals surface area contributed by atoms with Gasteiger partial charge in [-0.15, -0.1) is 0 Å². The number of methoxy groups -OCH3 is 1. The van der Waals surface area contributed by atoms with Crippen molar-refractivity contribution >= 4 is 23.4 Å². The molecule has 0 bridgehead atoms. The lowest BCUT2D eigenvalue weighted by molar-refractivity contribution is 0.101. The minimum Gasteiger partial charge on any atom is -0.450 e. The molecule has 0 radical (unpaired) electrons. The number of ether oxygens (including phenoxy) is 1. The highest BCUT2D eigenvalue weighted by Gasteiger charge is 2.29. The quantitative estimate of drug-likeness (QED) is 0.286. The molecule has 4 N–H and O–H groups in total. The second kappa shape index (κ2) is 11.8. The molecule has 0 spiro atoms. The zero-order chi connectivity index (χ0) is 27.2. The zero-order valence-electron chi connectivity index (χ0n) is 21.4. The summed E-state index contributed by atoms with van der Waals surface area (Å²) in [5.74, 6) is 1.03. The highest BCUT2D eigenvalue weighted by molar-refractivity contribution is 6.00. The molecule has 4 aromatic rings. The molecule has 10 heteroatoms. The number of fused-ring (bicyclic) bond motifs is 1. The number of aromatic nitrogens is 4. The Morgan fingerprint density at radius 1 is 1.03 bits per heavy atom. The Bertz CT molecular complexity index is 1410. The maximum absolute atomic E-state index is 12.6. The number of pyridine rings is 1. The lowest BCUT2D eigenvalue weighted by Gasteiger charge is -2.29. The first kappa shape index (κ1) is 26.7. The van der Waals surface area contributed by atoms with Gasteiger partial charge in [0.05, 0.1) is 23.1 Å². The van der Waals surface area contributed by atoms with E-state index in [2.05, 4.69) is 10.1 Å². The first-order valence-electron chi connectivity index (χ1n) is 12.4. The summed E-state index contributed by atoms with van der Waals surface area (Å²) in [5.41, 5.74) is 12.2. The number of carbonyl (C=O) groups is 2. The van der Waals surface area contributed by atoms with Crippen LogP contribution in [0.1, 0.15) is 54.6 Å². The van der Waals surface area contributed by atoms with E-state index in [1.54, 1.807) is 24.7 Å². The van der Waals surface area contributed by atoms with Gasteiger partial charge in [-0.05, 0) is 44.6 Å². The van der Waals surface area contributed by atoms with E-state index in [0.717, 1.165) is 60.4 Å². The van der Waals surface area contributed by atoms with Crippen LogP contribution >= 0.6 is 0 Å². The Morgan fingerprint density at radius 3 is 2.29 bits per heavy atom. The second-order valence-corrected chi connectivity index (χ2v) is 9.36. The SMILES string of the molecule is COCC1CCC(c2nc3c(-c4ccc(-c5ccccc5)nc4)cnn3c(N)c2C(C)=O)CC1.O=C(O)O. The molecule has 3 aromatic heterocycles. The molecule has 0 unspecified atom stereocenters. The van der Waals surface area contributed by atoms with E-state index in [0.29, 0.717) is 22.9 Å². The third-order valence-corrected chi connectivity index (χ3v) is 6.84. The number of carbonyl (C=O) groups excluding carboxylic acids is 1. The minimum absolute atomic E-state index is 0.0770. The number of Topliss-reactive ketones (excluding diaryl/α,β-unsaturated/α-hetero) is 1. The Morgan fingerprint density at radius 2 is 1.71 bits per heavy atom.